The van der Waals surface area contributed by atoms with Gasteiger partial charge in [0.15, 0.2) is 0 Å². The molecule has 0 aromatic rings. The van der Waals surface area contributed by atoms with Crippen molar-refractivity contribution in [3.63, 3.8) is 0 Å². The normalized spacial score (nSPS) is 18.6. The zero-order chi connectivity index (χ0) is 17.8. The summed E-state index contributed by atoms with van der Waals surface area (Å²) >= 11 is 0. The van der Waals surface area contributed by atoms with E-state index in [1.54, 1.807) is 20.8 Å². The van der Waals surface area contributed by atoms with Crippen molar-refractivity contribution in [1.82, 2.24) is 9.80 Å². The minimum atomic E-state index is -1.03. The zero-order valence-electron chi connectivity index (χ0n) is 14.8. The number of allylic oxidation sites excluding steroid dienone is 1. The van der Waals surface area contributed by atoms with E-state index in [2.05, 4.69) is 26.2 Å². The number of carbonyl (C=O) groups is 2. The second kappa shape index (κ2) is 7.55. The van der Waals surface area contributed by atoms with Crippen LogP contribution in [0.2, 0.25) is 0 Å². The predicted octanol–water partition coefficient (Wildman–Crippen LogP) is 2.71. The van der Waals surface area contributed by atoms with Crippen molar-refractivity contribution < 1.29 is 19.4 Å². The smallest absolute Gasteiger partial charge is 0.411 e. The van der Waals surface area contributed by atoms with E-state index in [1.807, 2.05) is 4.90 Å². The number of rotatable bonds is 4. The molecule has 1 heterocycles. The molecule has 23 heavy (non-hydrogen) atoms. The Balaban J connectivity index is 2.88. The summed E-state index contributed by atoms with van der Waals surface area (Å²) in [6.07, 6.45) is 0.194. The summed E-state index contributed by atoms with van der Waals surface area (Å²) in [5, 5.41) is 9.49. The molecule has 0 aliphatic carbocycles. The molecule has 130 valence electrons. The van der Waals surface area contributed by atoms with Crippen LogP contribution in [-0.4, -0.2) is 58.2 Å². The summed E-state index contributed by atoms with van der Waals surface area (Å²) in [5.41, 5.74) is 3.16. The van der Waals surface area contributed by atoms with Crippen LogP contribution in [0.15, 0.2) is 18.0 Å². The highest BCUT2D eigenvalue weighted by Gasteiger charge is 2.38. The molecule has 6 nitrogen and oxygen atoms in total. The van der Waals surface area contributed by atoms with Crippen LogP contribution in [0.5, 0.6) is 0 Å². The van der Waals surface area contributed by atoms with Gasteiger partial charge in [-0.3, -0.25) is 4.90 Å². The van der Waals surface area contributed by atoms with E-state index in [-0.39, 0.29) is 6.54 Å². The maximum atomic E-state index is 12.2. The van der Waals surface area contributed by atoms with Crippen LogP contribution in [0.1, 0.15) is 41.0 Å². The van der Waals surface area contributed by atoms with Crippen molar-refractivity contribution in [2.75, 3.05) is 19.6 Å². The number of hydrogen-bond donors (Lipinski definition) is 1. The number of carboxylic acid groups (broad SMARTS) is 1. The molecule has 1 fully saturated rings. The van der Waals surface area contributed by atoms with Gasteiger partial charge in [0.2, 0.25) is 0 Å². The van der Waals surface area contributed by atoms with E-state index in [4.69, 9.17) is 4.74 Å². The van der Waals surface area contributed by atoms with Gasteiger partial charge in [0.25, 0.3) is 0 Å². The fraction of sp³-hybridized carbons (Fsp3) is 0.706. The van der Waals surface area contributed by atoms with Gasteiger partial charge in [-0.1, -0.05) is 20.4 Å². The highest BCUT2D eigenvalue weighted by Crippen LogP contribution is 2.21. The van der Waals surface area contributed by atoms with E-state index in [0.29, 0.717) is 19.0 Å². The third-order valence-electron chi connectivity index (χ3n) is 3.48. The second-order valence-corrected chi connectivity index (χ2v) is 7.20. The molecule has 1 aliphatic rings. The molecule has 0 aromatic heterocycles. The largest absolute Gasteiger partial charge is 0.480 e. The van der Waals surface area contributed by atoms with Gasteiger partial charge < -0.3 is 14.7 Å². The molecule has 1 N–H and O–H groups in total. The summed E-state index contributed by atoms with van der Waals surface area (Å²) in [6.45, 7) is 14.2. The summed E-state index contributed by atoms with van der Waals surface area (Å²) < 4.78 is 5.31. The van der Waals surface area contributed by atoms with Crippen molar-refractivity contribution in [2.24, 2.45) is 5.92 Å². The van der Waals surface area contributed by atoms with Gasteiger partial charge in [-0.25, -0.2) is 9.59 Å². The van der Waals surface area contributed by atoms with Crippen LogP contribution < -0.4 is 0 Å². The van der Waals surface area contributed by atoms with Crippen LogP contribution >= 0.6 is 0 Å². The summed E-state index contributed by atoms with van der Waals surface area (Å²) in [4.78, 5) is 27.1. The highest BCUT2D eigenvalue weighted by atomic mass is 16.6. The third kappa shape index (κ3) is 5.64. The van der Waals surface area contributed by atoms with Gasteiger partial charge >= 0.3 is 12.1 Å². The average Bonchev–Trinajstić information content (AvgIpc) is 2.41. The van der Waals surface area contributed by atoms with Crippen molar-refractivity contribution in [1.29, 1.82) is 0 Å². The van der Waals surface area contributed by atoms with Gasteiger partial charge in [-0.05, 0) is 33.1 Å². The Morgan fingerprint density at radius 1 is 1.35 bits per heavy atom. The monoisotopic (exact) mass is 324 g/mol. The van der Waals surface area contributed by atoms with Gasteiger partial charge in [0, 0.05) is 19.6 Å². The van der Waals surface area contributed by atoms with E-state index < -0.39 is 23.7 Å². The number of ether oxygens (including phenoxy) is 1. The predicted molar refractivity (Wildman–Crippen MR) is 88.0 cm³/mol. The third-order valence-corrected chi connectivity index (χ3v) is 3.48. The van der Waals surface area contributed by atoms with Gasteiger partial charge in [0.05, 0.1) is 5.70 Å². The minimum Gasteiger partial charge on any atom is -0.480 e. The lowest BCUT2D eigenvalue weighted by Crippen LogP contribution is -2.58. The van der Waals surface area contributed by atoms with Crippen LogP contribution in [-0.2, 0) is 9.53 Å². The Morgan fingerprint density at radius 2 is 1.96 bits per heavy atom. The van der Waals surface area contributed by atoms with E-state index >= 15 is 0 Å². The minimum absolute atomic E-state index is 0.221. The Labute approximate surface area is 138 Å². The maximum Gasteiger partial charge on any atom is 0.411 e. The number of carbonyl (C=O) groups excluding carboxylic acids is 1. The fourth-order valence-electron chi connectivity index (χ4n) is 2.48. The van der Waals surface area contributed by atoms with Crippen LogP contribution in [0.4, 0.5) is 4.79 Å². The van der Waals surface area contributed by atoms with E-state index in [0.717, 1.165) is 12.1 Å². The molecular formula is C17H28N2O4. The molecule has 0 bridgehead atoms. The maximum absolute atomic E-state index is 12.2. The molecule has 1 atom stereocenters. The van der Waals surface area contributed by atoms with Crippen molar-refractivity contribution >= 4 is 12.1 Å². The number of aliphatic carboxylic acids is 1. The van der Waals surface area contributed by atoms with Crippen molar-refractivity contribution in [2.45, 2.75) is 52.7 Å². The van der Waals surface area contributed by atoms with Gasteiger partial charge in [0.1, 0.15) is 11.6 Å². The molecule has 1 aliphatic heterocycles. The van der Waals surface area contributed by atoms with Crippen molar-refractivity contribution in [3.05, 3.63) is 18.0 Å². The number of piperazine rings is 1. The first-order valence-corrected chi connectivity index (χ1v) is 7.91. The molecule has 0 spiro atoms. The molecule has 0 saturated carbocycles. The molecule has 0 aromatic carbocycles. The van der Waals surface area contributed by atoms with E-state index in [9.17, 15) is 14.7 Å². The lowest BCUT2D eigenvalue weighted by molar-refractivity contribution is -0.145. The van der Waals surface area contributed by atoms with Gasteiger partial charge in [-0.2, -0.15) is 0 Å². The first kappa shape index (κ1) is 19.1. The van der Waals surface area contributed by atoms with Crippen LogP contribution in [0, 0.1) is 5.92 Å². The highest BCUT2D eigenvalue weighted by molar-refractivity contribution is 5.80. The van der Waals surface area contributed by atoms with Crippen molar-refractivity contribution in [3.8, 4) is 0 Å². The quantitative estimate of drug-likeness (QED) is 0.805. The zero-order valence-corrected chi connectivity index (χ0v) is 14.8. The fourth-order valence-corrected chi connectivity index (χ4v) is 2.48. The average molecular weight is 324 g/mol. The number of carboxylic acids is 1. The van der Waals surface area contributed by atoms with Crippen LogP contribution in [0.3, 0.4) is 0 Å². The Hall–Kier alpha value is -1.94. The standard InChI is InChI=1S/C17H28N2O4/c1-7-13(10-12(2)3)18-8-9-19(14(11-18)15(20)21)16(22)23-17(4,5)6/h12,14H,1,8-11H2,2-6H3,(H,20,21)/t14-/m1/s1. The lowest BCUT2D eigenvalue weighted by atomic mass is 10.1. The topological polar surface area (TPSA) is 70.1 Å². The Kier molecular flexibility index (Phi) is 6.28. The number of hydrogen-bond acceptors (Lipinski definition) is 4. The van der Waals surface area contributed by atoms with Gasteiger partial charge in [-0.15, -0.1) is 5.73 Å². The summed E-state index contributed by atoms with van der Waals surface area (Å²) in [7, 11) is 0. The van der Waals surface area contributed by atoms with Crippen LogP contribution in [0.25, 0.3) is 0 Å². The number of amides is 1. The lowest BCUT2D eigenvalue weighted by Gasteiger charge is -2.41. The molecule has 1 amide bonds. The second-order valence-electron chi connectivity index (χ2n) is 7.20. The Bertz CT molecular complexity index is 501. The molecule has 0 radical (unpaired) electrons. The first-order valence-electron chi connectivity index (χ1n) is 7.91. The van der Waals surface area contributed by atoms with E-state index in [1.165, 1.54) is 4.90 Å². The molecule has 1 rings (SSSR count). The number of nitrogens with zero attached hydrogens (tertiary/aromatic N) is 2. The summed E-state index contributed by atoms with van der Waals surface area (Å²) in [5.74, 6) is -0.611. The summed E-state index contributed by atoms with van der Waals surface area (Å²) in [6, 6.07) is -0.936. The first-order chi connectivity index (χ1) is 10.5. The SMILES string of the molecule is C=C=C(CC(C)C)N1CCN(C(=O)OC(C)(C)C)[C@@H](C(=O)O)C1. The Morgan fingerprint density at radius 3 is 2.39 bits per heavy atom. The molecule has 0 unspecified atom stereocenters. The molecule has 1 saturated heterocycles. The molecular weight excluding hydrogens is 296 g/mol. The molecule has 6 heteroatoms.